The molecule has 0 saturated heterocycles. The van der Waals surface area contributed by atoms with Crippen LogP contribution >= 0.6 is 31.9 Å². The van der Waals surface area contributed by atoms with E-state index in [1.807, 2.05) is 0 Å². The van der Waals surface area contributed by atoms with Crippen LogP contribution in [0.5, 0.6) is 0 Å². The Bertz CT molecular complexity index is 278. The maximum Gasteiger partial charge on any atom is 0.265 e. The second-order valence-corrected chi connectivity index (χ2v) is 3.54. The summed E-state index contributed by atoms with van der Waals surface area (Å²) in [6.07, 6.45) is 0.219. The standard InChI is InChI=1S/C7H5Br2F2N/c8-1-4-5(7(10)11)2-12-3-6(4)9/h2-3,7H,1H2. The van der Waals surface area contributed by atoms with Gasteiger partial charge >= 0.3 is 0 Å². The van der Waals surface area contributed by atoms with Crippen molar-refractivity contribution in [2.45, 2.75) is 11.8 Å². The molecule has 0 aromatic carbocycles. The highest BCUT2D eigenvalue weighted by Gasteiger charge is 2.14. The highest BCUT2D eigenvalue weighted by Crippen LogP contribution is 2.28. The van der Waals surface area contributed by atoms with Gasteiger partial charge in [0.25, 0.3) is 6.43 Å². The minimum Gasteiger partial charge on any atom is -0.263 e. The molecule has 0 N–H and O–H groups in total. The molecule has 0 aliphatic carbocycles. The van der Waals surface area contributed by atoms with Gasteiger partial charge in [-0.3, -0.25) is 4.98 Å². The second kappa shape index (κ2) is 4.28. The zero-order valence-corrected chi connectivity index (χ0v) is 9.07. The third kappa shape index (κ3) is 2.01. The average Bonchev–Trinajstić information content (AvgIpc) is 2.03. The van der Waals surface area contributed by atoms with Crippen LogP contribution in [-0.4, -0.2) is 4.98 Å². The predicted octanol–water partition coefficient (Wildman–Crippen LogP) is 3.68. The largest absolute Gasteiger partial charge is 0.265 e. The highest BCUT2D eigenvalue weighted by atomic mass is 79.9. The van der Waals surface area contributed by atoms with Gasteiger partial charge in [0, 0.05) is 27.8 Å². The minimum atomic E-state index is -2.47. The Hall–Kier alpha value is -0.0300. The second-order valence-electron chi connectivity index (χ2n) is 2.12. The quantitative estimate of drug-likeness (QED) is 0.759. The van der Waals surface area contributed by atoms with E-state index in [-0.39, 0.29) is 5.56 Å². The summed E-state index contributed by atoms with van der Waals surface area (Å²) < 4.78 is 25.2. The molecule has 1 aromatic rings. The summed E-state index contributed by atoms with van der Waals surface area (Å²) in [4.78, 5) is 3.67. The number of hydrogen-bond donors (Lipinski definition) is 0. The van der Waals surface area contributed by atoms with Crippen LogP contribution < -0.4 is 0 Å². The number of hydrogen-bond acceptors (Lipinski definition) is 1. The molecule has 12 heavy (non-hydrogen) atoms. The van der Waals surface area contributed by atoms with Crippen LogP contribution in [0.2, 0.25) is 0 Å². The van der Waals surface area contributed by atoms with Gasteiger partial charge in [-0.25, -0.2) is 8.78 Å². The van der Waals surface area contributed by atoms with Crippen LogP contribution in [0.1, 0.15) is 17.6 Å². The molecule has 66 valence electrons. The molecule has 0 aliphatic heterocycles. The molecular weight excluding hydrogens is 296 g/mol. The molecule has 0 spiro atoms. The van der Waals surface area contributed by atoms with Gasteiger partial charge in [-0.15, -0.1) is 0 Å². The highest BCUT2D eigenvalue weighted by molar-refractivity contribution is 9.10. The molecule has 0 aliphatic rings. The Morgan fingerprint density at radius 3 is 2.50 bits per heavy atom. The van der Waals surface area contributed by atoms with Crippen molar-refractivity contribution in [1.29, 1.82) is 0 Å². The number of pyridine rings is 1. The zero-order valence-electron chi connectivity index (χ0n) is 5.90. The Kier molecular flexibility index (Phi) is 3.58. The van der Waals surface area contributed by atoms with E-state index in [0.717, 1.165) is 0 Å². The van der Waals surface area contributed by atoms with Gasteiger partial charge in [-0.1, -0.05) is 15.9 Å². The summed E-state index contributed by atoms with van der Waals surface area (Å²) in [5.74, 6) is 0. The van der Waals surface area contributed by atoms with Gasteiger partial charge in [-0.2, -0.15) is 0 Å². The van der Waals surface area contributed by atoms with Crippen molar-refractivity contribution in [2.24, 2.45) is 0 Å². The SMILES string of the molecule is FC(F)c1cncc(Br)c1CBr. The molecule has 0 amide bonds. The van der Waals surface area contributed by atoms with E-state index >= 15 is 0 Å². The monoisotopic (exact) mass is 299 g/mol. The van der Waals surface area contributed by atoms with E-state index in [0.29, 0.717) is 15.4 Å². The fourth-order valence-corrected chi connectivity index (χ4v) is 2.30. The molecule has 0 unspecified atom stereocenters. The lowest BCUT2D eigenvalue weighted by Crippen LogP contribution is -1.94. The van der Waals surface area contributed by atoms with Gasteiger partial charge in [0.1, 0.15) is 0 Å². The summed E-state index contributed by atoms with van der Waals surface area (Å²) in [5, 5.41) is 0.399. The molecule has 1 heterocycles. The fourth-order valence-electron chi connectivity index (χ4n) is 0.806. The van der Waals surface area contributed by atoms with Crippen LogP contribution in [0.25, 0.3) is 0 Å². The fraction of sp³-hybridized carbons (Fsp3) is 0.286. The summed E-state index contributed by atoms with van der Waals surface area (Å²) in [6, 6.07) is 0. The smallest absolute Gasteiger partial charge is 0.263 e. The Morgan fingerprint density at radius 2 is 2.08 bits per heavy atom. The molecule has 5 heteroatoms. The van der Waals surface area contributed by atoms with Crippen molar-refractivity contribution in [2.75, 3.05) is 0 Å². The molecule has 1 rings (SSSR count). The van der Waals surface area contributed by atoms with Crippen molar-refractivity contribution in [3.05, 3.63) is 28.0 Å². The minimum absolute atomic E-state index is 0.0266. The summed E-state index contributed by atoms with van der Waals surface area (Å²) in [5.41, 5.74) is 0.529. The van der Waals surface area contributed by atoms with Crippen molar-refractivity contribution < 1.29 is 8.78 Å². The maximum absolute atomic E-state index is 12.3. The number of alkyl halides is 3. The van der Waals surface area contributed by atoms with Crippen LogP contribution in [0, 0.1) is 0 Å². The van der Waals surface area contributed by atoms with Gasteiger partial charge < -0.3 is 0 Å². The van der Waals surface area contributed by atoms with E-state index in [4.69, 9.17) is 0 Å². The molecule has 1 nitrogen and oxygen atoms in total. The van der Waals surface area contributed by atoms with E-state index in [9.17, 15) is 8.78 Å². The van der Waals surface area contributed by atoms with Gasteiger partial charge in [-0.05, 0) is 21.5 Å². The maximum atomic E-state index is 12.3. The molecular formula is C7H5Br2F2N. The predicted molar refractivity (Wildman–Crippen MR) is 49.5 cm³/mol. The van der Waals surface area contributed by atoms with Crippen LogP contribution in [-0.2, 0) is 5.33 Å². The van der Waals surface area contributed by atoms with Crippen LogP contribution in [0.4, 0.5) is 8.78 Å². The lowest BCUT2D eigenvalue weighted by molar-refractivity contribution is 0.150. The summed E-state index contributed by atoms with van der Waals surface area (Å²) in [6.45, 7) is 0. The average molecular weight is 301 g/mol. The molecule has 0 radical (unpaired) electrons. The van der Waals surface area contributed by atoms with E-state index in [2.05, 4.69) is 36.8 Å². The van der Waals surface area contributed by atoms with Gasteiger partial charge in [0.2, 0.25) is 0 Å². The lowest BCUT2D eigenvalue weighted by Gasteiger charge is -2.06. The Morgan fingerprint density at radius 1 is 1.42 bits per heavy atom. The first-order valence-electron chi connectivity index (χ1n) is 3.13. The van der Waals surface area contributed by atoms with E-state index < -0.39 is 6.43 Å². The molecule has 0 bridgehead atoms. The molecule has 0 atom stereocenters. The summed E-state index contributed by atoms with van der Waals surface area (Å²) >= 11 is 6.29. The first-order chi connectivity index (χ1) is 5.66. The first-order valence-corrected chi connectivity index (χ1v) is 5.04. The van der Waals surface area contributed by atoms with Crippen molar-refractivity contribution >= 4 is 31.9 Å². The number of rotatable bonds is 2. The van der Waals surface area contributed by atoms with Crippen molar-refractivity contribution in [3.63, 3.8) is 0 Å². The number of aromatic nitrogens is 1. The van der Waals surface area contributed by atoms with Crippen molar-refractivity contribution in [3.8, 4) is 0 Å². The topological polar surface area (TPSA) is 12.9 Å². The third-order valence-electron chi connectivity index (χ3n) is 1.41. The van der Waals surface area contributed by atoms with Crippen LogP contribution in [0.3, 0.4) is 0 Å². The van der Waals surface area contributed by atoms with Crippen molar-refractivity contribution in [1.82, 2.24) is 4.98 Å². The molecule has 0 fully saturated rings. The third-order valence-corrected chi connectivity index (χ3v) is 2.65. The first kappa shape index (κ1) is 10.1. The molecule has 0 saturated carbocycles. The van der Waals surface area contributed by atoms with Gasteiger partial charge in [0.15, 0.2) is 0 Å². The van der Waals surface area contributed by atoms with Gasteiger partial charge in [0.05, 0.1) is 0 Å². The summed E-state index contributed by atoms with van der Waals surface area (Å²) in [7, 11) is 0. The Labute approximate surface area is 85.4 Å². The van der Waals surface area contributed by atoms with E-state index in [1.54, 1.807) is 0 Å². The number of halogens is 4. The Balaban J connectivity index is 3.18. The number of nitrogens with zero attached hydrogens (tertiary/aromatic N) is 1. The van der Waals surface area contributed by atoms with Crippen LogP contribution in [0.15, 0.2) is 16.9 Å². The molecule has 1 aromatic heterocycles. The van der Waals surface area contributed by atoms with E-state index in [1.165, 1.54) is 12.4 Å². The zero-order chi connectivity index (χ0) is 9.14. The normalized spacial score (nSPS) is 10.8. The lowest BCUT2D eigenvalue weighted by atomic mass is 10.2.